The number of benzene rings is 1. The van der Waals surface area contributed by atoms with Crippen molar-refractivity contribution in [2.45, 2.75) is 39.1 Å². The molecule has 1 aromatic heterocycles. The lowest BCUT2D eigenvalue weighted by molar-refractivity contribution is -0.274. The van der Waals surface area contributed by atoms with Crippen LogP contribution in [0, 0.1) is 0 Å². The average Bonchev–Trinajstić information content (AvgIpc) is 2.61. The average molecular weight is 382 g/mol. The predicted octanol–water partition coefficient (Wildman–Crippen LogP) is 4.13. The maximum Gasteiger partial charge on any atom is 0.573 e. The van der Waals surface area contributed by atoms with Crippen molar-refractivity contribution in [1.82, 2.24) is 10.3 Å². The molecule has 0 fully saturated rings. The van der Waals surface area contributed by atoms with Crippen molar-refractivity contribution in [3.8, 4) is 11.5 Å². The number of aromatic nitrogens is 1. The molecule has 2 rings (SSSR count). The monoisotopic (exact) mass is 382 g/mol. The highest BCUT2D eigenvalue weighted by molar-refractivity contribution is 5.92. The Morgan fingerprint density at radius 3 is 2.59 bits per heavy atom. The first kappa shape index (κ1) is 20.5. The summed E-state index contributed by atoms with van der Waals surface area (Å²) in [5, 5.41) is 2.83. The molecule has 0 radical (unpaired) electrons. The van der Waals surface area contributed by atoms with Crippen molar-refractivity contribution in [3.05, 3.63) is 53.9 Å². The zero-order valence-corrected chi connectivity index (χ0v) is 15.0. The molecule has 0 saturated carbocycles. The molecule has 0 bridgehead atoms. The Hall–Kier alpha value is -2.77. The van der Waals surface area contributed by atoms with E-state index in [0.29, 0.717) is 12.1 Å². The minimum Gasteiger partial charge on any atom is -0.493 e. The Kier molecular flexibility index (Phi) is 7.04. The molecule has 0 aliphatic carbocycles. The maximum atomic E-state index is 12.2. The third-order valence-corrected chi connectivity index (χ3v) is 3.75. The SMILES string of the molecule is CCC(C)NC(=O)c1ccc(CCOc2cccc(OC(F)(F)F)c2)cn1. The van der Waals surface area contributed by atoms with Gasteiger partial charge in [0.2, 0.25) is 0 Å². The first-order valence-corrected chi connectivity index (χ1v) is 8.51. The fourth-order valence-corrected chi connectivity index (χ4v) is 2.15. The van der Waals surface area contributed by atoms with Crippen LogP contribution in [0.15, 0.2) is 42.6 Å². The van der Waals surface area contributed by atoms with Crippen molar-refractivity contribution in [3.63, 3.8) is 0 Å². The van der Waals surface area contributed by atoms with Gasteiger partial charge < -0.3 is 14.8 Å². The Bertz CT molecular complexity index is 749. The topological polar surface area (TPSA) is 60.5 Å². The summed E-state index contributed by atoms with van der Waals surface area (Å²) in [6, 6.07) is 8.81. The van der Waals surface area contributed by atoms with Gasteiger partial charge in [0.1, 0.15) is 17.2 Å². The molecule has 0 aliphatic rings. The summed E-state index contributed by atoms with van der Waals surface area (Å²) in [5.74, 6) is -0.291. The number of halogens is 3. The van der Waals surface area contributed by atoms with Gasteiger partial charge in [-0.05, 0) is 37.1 Å². The van der Waals surface area contributed by atoms with Gasteiger partial charge in [-0.25, -0.2) is 0 Å². The van der Waals surface area contributed by atoms with Crippen LogP contribution in [0.1, 0.15) is 36.3 Å². The lowest BCUT2D eigenvalue weighted by Gasteiger charge is -2.12. The number of alkyl halides is 3. The van der Waals surface area contributed by atoms with E-state index in [4.69, 9.17) is 4.74 Å². The lowest BCUT2D eigenvalue weighted by Crippen LogP contribution is -2.32. The molecule has 1 aromatic carbocycles. The van der Waals surface area contributed by atoms with E-state index in [2.05, 4.69) is 15.0 Å². The lowest BCUT2D eigenvalue weighted by atomic mass is 10.2. The molecular weight excluding hydrogens is 361 g/mol. The summed E-state index contributed by atoms with van der Waals surface area (Å²) >= 11 is 0. The van der Waals surface area contributed by atoms with Gasteiger partial charge in [-0.1, -0.05) is 19.1 Å². The largest absolute Gasteiger partial charge is 0.573 e. The first-order valence-electron chi connectivity index (χ1n) is 8.51. The fourth-order valence-electron chi connectivity index (χ4n) is 2.15. The quantitative estimate of drug-likeness (QED) is 0.746. The molecular formula is C19H21F3N2O3. The number of rotatable bonds is 8. The number of nitrogens with one attached hydrogen (secondary N) is 1. The van der Waals surface area contributed by atoms with E-state index in [1.54, 1.807) is 24.4 Å². The highest BCUT2D eigenvalue weighted by Crippen LogP contribution is 2.26. The van der Waals surface area contributed by atoms with Crippen molar-refractivity contribution in [1.29, 1.82) is 0 Å². The standard InChI is InChI=1S/C19H21F3N2O3/c1-3-13(2)24-18(25)17-8-7-14(12-23-17)9-10-26-15-5-4-6-16(11-15)27-19(20,21)22/h4-8,11-13H,3,9-10H2,1-2H3,(H,24,25). The van der Waals surface area contributed by atoms with Crippen molar-refractivity contribution < 1.29 is 27.4 Å². The van der Waals surface area contributed by atoms with Crippen molar-refractivity contribution >= 4 is 5.91 Å². The summed E-state index contributed by atoms with van der Waals surface area (Å²) in [6.07, 6.45) is -1.84. The summed E-state index contributed by atoms with van der Waals surface area (Å²) in [5.41, 5.74) is 1.18. The van der Waals surface area contributed by atoms with Crippen LogP contribution in [0.25, 0.3) is 0 Å². The first-order chi connectivity index (χ1) is 12.8. The van der Waals surface area contributed by atoms with Gasteiger partial charge in [-0.15, -0.1) is 13.2 Å². The summed E-state index contributed by atoms with van der Waals surface area (Å²) in [7, 11) is 0. The van der Waals surface area contributed by atoms with Gasteiger partial charge in [0.15, 0.2) is 0 Å². The van der Waals surface area contributed by atoms with Gasteiger partial charge in [-0.3, -0.25) is 9.78 Å². The molecule has 1 atom stereocenters. The van der Waals surface area contributed by atoms with E-state index in [9.17, 15) is 18.0 Å². The number of ether oxygens (including phenoxy) is 2. The Labute approximate surface area is 155 Å². The normalized spacial score (nSPS) is 12.3. The van der Waals surface area contributed by atoms with E-state index in [-0.39, 0.29) is 30.1 Å². The van der Waals surface area contributed by atoms with Gasteiger partial charge in [0.05, 0.1) is 6.61 Å². The predicted molar refractivity (Wildman–Crippen MR) is 93.8 cm³/mol. The molecule has 1 N–H and O–H groups in total. The fraction of sp³-hybridized carbons (Fsp3) is 0.368. The van der Waals surface area contributed by atoms with E-state index < -0.39 is 6.36 Å². The molecule has 0 saturated heterocycles. The molecule has 27 heavy (non-hydrogen) atoms. The molecule has 8 heteroatoms. The number of pyridine rings is 1. The number of carbonyl (C=O) groups excluding carboxylic acids is 1. The third-order valence-electron chi connectivity index (χ3n) is 3.75. The van der Waals surface area contributed by atoms with Crippen LogP contribution >= 0.6 is 0 Å². The molecule has 1 amide bonds. The second-order valence-electron chi connectivity index (χ2n) is 5.96. The zero-order chi connectivity index (χ0) is 19.9. The van der Waals surface area contributed by atoms with Gasteiger partial charge >= 0.3 is 6.36 Å². The molecule has 1 heterocycles. The Morgan fingerprint density at radius 2 is 1.96 bits per heavy atom. The van der Waals surface area contributed by atoms with Gasteiger partial charge in [-0.2, -0.15) is 0 Å². The highest BCUT2D eigenvalue weighted by atomic mass is 19.4. The van der Waals surface area contributed by atoms with Crippen molar-refractivity contribution in [2.75, 3.05) is 6.61 Å². The molecule has 1 unspecified atom stereocenters. The number of hydrogen-bond acceptors (Lipinski definition) is 4. The maximum absolute atomic E-state index is 12.2. The molecule has 2 aromatic rings. The third kappa shape index (κ3) is 7.16. The summed E-state index contributed by atoms with van der Waals surface area (Å²) in [4.78, 5) is 16.1. The zero-order valence-electron chi connectivity index (χ0n) is 15.0. The molecule has 0 spiro atoms. The van der Waals surface area contributed by atoms with Crippen LogP contribution in [0.4, 0.5) is 13.2 Å². The highest BCUT2D eigenvalue weighted by Gasteiger charge is 2.31. The van der Waals surface area contributed by atoms with E-state index >= 15 is 0 Å². The number of amides is 1. The molecule has 5 nitrogen and oxygen atoms in total. The Morgan fingerprint density at radius 1 is 1.22 bits per heavy atom. The van der Waals surface area contributed by atoms with E-state index in [1.807, 2.05) is 13.8 Å². The number of carbonyl (C=O) groups is 1. The second-order valence-corrected chi connectivity index (χ2v) is 5.96. The van der Waals surface area contributed by atoms with Crippen LogP contribution in [0.2, 0.25) is 0 Å². The van der Waals surface area contributed by atoms with Gasteiger partial charge in [0, 0.05) is 24.7 Å². The van der Waals surface area contributed by atoms with Crippen molar-refractivity contribution in [2.24, 2.45) is 0 Å². The Balaban J connectivity index is 1.85. The van der Waals surface area contributed by atoms with E-state index in [0.717, 1.165) is 12.0 Å². The van der Waals surface area contributed by atoms with Crippen LogP contribution in [0.5, 0.6) is 11.5 Å². The smallest absolute Gasteiger partial charge is 0.493 e. The molecule has 146 valence electrons. The minimum atomic E-state index is -4.74. The number of hydrogen-bond donors (Lipinski definition) is 1. The minimum absolute atomic E-state index is 0.0736. The van der Waals surface area contributed by atoms with Gasteiger partial charge in [0.25, 0.3) is 5.91 Å². The van der Waals surface area contributed by atoms with Crippen LogP contribution < -0.4 is 14.8 Å². The summed E-state index contributed by atoms with van der Waals surface area (Å²) in [6.45, 7) is 4.14. The second kappa shape index (κ2) is 9.25. The van der Waals surface area contributed by atoms with Crippen LogP contribution in [-0.2, 0) is 6.42 Å². The molecule has 0 aliphatic heterocycles. The number of nitrogens with zero attached hydrogens (tertiary/aromatic N) is 1. The summed E-state index contributed by atoms with van der Waals surface area (Å²) < 4.78 is 46.0. The van der Waals surface area contributed by atoms with Crippen LogP contribution in [-0.4, -0.2) is 29.9 Å². The van der Waals surface area contributed by atoms with E-state index in [1.165, 1.54) is 18.2 Å². The van der Waals surface area contributed by atoms with Crippen LogP contribution in [0.3, 0.4) is 0 Å².